The van der Waals surface area contributed by atoms with Gasteiger partial charge < -0.3 is 4.57 Å². The molecule has 0 fully saturated rings. The Morgan fingerprint density at radius 3 is 2.92 bits per heavy atom. The smallest absolute Gasteiger partial charge is 0.251 e. The molecule has 1 aromatic rings. The van der Waals surface area contributed by atoms with E-state index in [4.69, 9.17) is 5.26 Å². The minimum atomic E-state index is -0.137. The van der Waals surface area contributed by atoms with Crippen molar-refractivity contribution in [3.8, 4) is 17.9 Å². The normalized spacial score (nSPS) is 8.31. The van der Waals surface area contributed by atoms with Gasteiger partial charge >= 0.3 is 0 Å². The number of pyridine rings is 1. The number of nitrogens with zero attached hydrogens (tertiary/aromatic N) is 2. The van der Waals surface area contributed by atoms with Crippen LogP contribution in [0.5, 0.6) is 0 Å². The van der Waals surface area contributed by atoms with Gasteiger partial charge in [-0.1, -0.05) is 5.92 Å². The van der Waals surface area contributed by atoms with Gasteiger partial charge in [0.15, 0.2) is 0 Å². The second kappa shape index (κ2) is 4.13. The third kappa shape index (κ3) is 2.21. The molecule has 0 bridgehead atoms. The average molecular weight is 172 g/mol. The highest BCUT2D eigenvalue weighted by molar-refractivity contribution is 5.25. The number of hydrogen-bond acceptors (Lipinski definition) is 2. The fourth-order valence-corrected chi connectivity index (χ4v) is 0.885. The van der Waals surface area contributed by atoms with Crippen molar-refractivity contribution in [2.24, 2.45) is 0 Å². The average Bonchev–Trinajstić information content (AvgIpc) is 2.17. The first kappa shape index (κ1) is 9.09. The Morgan fingerprint density at radius 1 is 1.54 bits per heavy atom. The van der Waals surface area contributed by atoms with Gasteiger partial charge in [0, 0.05) is 12.3 Å². The molecule has 0 aliphatic rings. The summed E-state index contributed by atoms with van der Waals surface area (Å²) in [5.41, 5.74) is 0.333. The molecule has 0 amide bonds. The van der Waals surface area contributed by atoms with E-state index in [1.807, 2.05) is 6.07 Å². The van der Waals surface area contributed by atoms with Gasteiger partial charge in [0.05, 0.1) is 12.1 Å². The lowest BCUT2D eigenvalue weighted by atomic mass is 10.3. The number of nitriles is 1. The molecule has 0 aliphatic heterocycles. The molecule has 1 rings (SSSR count). The highest BCUT2D eigenvalue weighted by Gasteiger charge is 1.94. The van der Waals surface area contributed by atoms with Gasteiger partial charge in [0.2, 0.25) is 0 Å². The zero-order valence-electron chi connectivity index (χ0n) is 7.24. The van der Waals surface area contributed by atoms with Crippen molar-refractivity contribution < 1.29 is 0 Å². The lowest BCUT2D eigenvalue weighted by Gasteiger charge is -1.98. The Hall–Kier alpha value is -2.00. The van der Waals surface area contributed by atoms with E-state index in [1.54, 1.807) is 6.92 Å². The van der Waals surface area contributed by atoms with Crippen molar-refractivity contribution in [1.29, 1.82) is 5.26 Å². The zero-order valence-corrected chi connectivity index (χ0v) is 7.24. The fourth-order valence-electron chi connectivity index (χ4n) is 0.885. The molecule has 0 atom stereocenters. The first-order chi connectivity index (χ1) is 6.27. The van der Waals surface area contributed by atoms with Crippen LogP contribution in [0.2, 0.25) is 0 Å². The van der Waals surface area contributed by atoms with E-state index >= 15 is 0 Å². The molecule has 13 heavy (non-hydrogen) atoms. The SMILES string of the molecule is CC#CCn1cc(C#N)ccc1=O. The van der Waals surface area contributed by atoms with Gasteiger partial charge in [0.1, 0.15) is 6.07 Å². The summed E-state index contributed by atoms with van der Waals surface area (Å²) < 4.78 is 1.41. The zero-order chi connectivity index (χ0) is 9.68. The van der Waals surface area contributed by atoms with Gasteiger partial charge in [-0.25, -0.2) is 0 Å². The monoisotopic (exact) mass is 172 g/mol. The number of hydrogen-bond donors (Lipinski definition) is 0. The topological polar surface area (TPSA) is 45.8 Å². The van der Waals surface area contributed by atoms with Gasteiger partial charge in [-0.15, -0.1) is 5.92 Å². The largest absolute Gasteiger partial charge is 0.303 e. The maximum atomic E-state index is 11.2. The number of aromatic nitrogens is 1. The van der Waals surface area contributed by atoms with Crippen molar-refractivity contribution in [2.45, 2.75) is 13.5 Å². The Bertz CT molecular complexity index is 454. The van der Waals surface area contributed by atoms with E-state index < -0.39 is 0 Å². The Morgan fingerprint density at radius 2 is 2.31 bits per heavy atom. The highest BCUT2D eigenvalue weighted by Crippen LogP contribution is 1.91. The summed E-state index contributed by atoms with van der Waals surface area (Å²) in [4.78, 5) is 11.2. The third-order valence-corrected chi connectivity index (χ3v) is 1.54. The Labute approximate surface area is 76.2 Å². The van der Waals surface area contributed by atoms with E-state index in [0.29, 0.717) is 12.1 Å². The molecule has 0 spiro atoms. The molecular formula is C10H8N2O. The summed E-state index contributed by atoms with van der Waals surface area (Å²) in [5.74, 6) is 5.45. The summed E-state index contributed by atoms with van der Waals surface area (Å²) >= 11 is 0. The lowest BCUT2D eigenvalue weighted by molar-refractivity contribution is 0.793. The van der Waals surface area contributed by atoms with Crippen LogP contribution in [0.25, 0.3) is 0 Å². The molecule has 0 aromatic carbocycles. The molecule has 0 unspecified atom stereocenters. The van der Waals surface area contributed by atoms with Gasteiger partial charge in [-0.05, 0) is 13.0 Å². The van der Waals surface area contributed by atoms with Gasteiger partial charge in [-0.2, -0.15) is 5.26 Å². The minimum Gasteiger partial charge on any atom is -0.303 e. The van der Waals surface area contributed by atoms with Crippen LogP contribution in [-0.2, 0) is 6.54 Å². The maximum Gasteiger partial charge on any atom is 0.251 e. The molecule has 0 radical (unpaired) electrons. The molecule has 0 N–H and O–H groups in total. The van der Waals surface area contributed by atoms with E-state index in [0.717, 1.165) is 0 Å². The quantitative estimate of drug-likeness (QED) is 0.586. The Kier molecular flexibility index (Phi) is 2.89. The predicted octanol–water partition coefficient (Wildman–Crippen LogP) is 0.743. The molecule has 64 valence electrons. The molecule has 3 heteroatoms. The van der Waals surface area contributed by atoms with Crippen LogP contribution in [0.4, 0.5) is 0 Å². The second-order valence-corrected chi connectivity index (χ2v) is 2.42. The highest BCUT2D eigenvalue weighted by atomic mass is 16.1. The molecule has 1 aromatic heterocycles. The van der Waals surface area contributed by atoms with E-state index in [9.17, 15) is 4.79 Å². The van der Waals surface area contributed by atoms with Gasteiger partial charge in [0.25, 0.3) is 5.56 Å². The maximum absolute atomic E-state index is 11.2. The first-order valence-corrected chi connectivity index (χ1v) is 3.78. The summed E-state index contributed by atoms with van der Waals surface area (Å²) in [5, 5.41) is 8.58. The lowest BCUT2D eigenvalue weighted by Crippen LogP contribution is -2.17. The van der Waals surface area contributed by atoms with Crippen LogP contribution in [0, 0.1) is 23.2 Å². The fraction of sp³-hybridized carbons (Fsp3) is 0.200. The molecule has 0 aliphatic carbocycles. The van der Waals surface area contributed by atoms with Crippen LogP contribution >= 0.6 is 0 Å². The summed E-state index contributed by atoms with van der Waals surface area (Å²) in [6, 6.07) is 4.83. The summed E-state index contributed by atoms with van der Waals surface area (Å²) in [7, 11) is 0. The molecule has 3 nitrogen and oxygen atoms in total. The minimum absolute atomic E-state index is 0.137. The van der Waals surface area contributed by atoms with Crippen LogP contribution in [-0.4, -0.2) is 4.57 Å². The number of rotatable bonds is 1. The summed E-state index contributed by atoms with van der Waals surface area (Å²) in [6.07, 6.45) is 1.51. The Balaban J connectivity index is 3.11. The van der Waals surface area contributed by atoms with Crippen molar-refractivity contribution in [3.05, 3.63) is 34.2 Å². The van der Waals surface area contributed by atoms with Crippen molar-refractivity contribution in [1.82, 2.24) is 4.57 Å². The van der Waals surface area contributed by atoms with Crippen molar-refractivity contribution >= 4 is 0 Å². The molecule has 0 saturated carbocycles. The molecule has 0 saturated heterocycles. The van der Waals surface area contributed by atoms with Crippen molar-refractivity contribution in [2.75, 3.05) is 0 Å². The van der Waals surface area contributed by atoms with Crippen molar-refractivity contribution in [3.63, 3.8) is 0 Å². The predicted molar refractivity (Wildman–Crippen MR) is 48.9 cm³/mol. The van der Waals surface area contributed by atoms with E-state index in [2.05, 4.69) is 11.8 Å². The second-order valence-electron chi connectivity index (χ2n) is 2.42. The summed E-state index contributed by atoms with van der Waals surface area (Å²) in [6.45, 7) is 2.05. The molecular weight excluding hydrogens is 164 g/mol. The third-order valence-electron chi connectivity index (χ3n) is 1.54. The van der Waals surface area contributed by atoms with Crippen LogP contribution in [0.15, 0.2) is 23.1 Å². The van der Waals surface area contributed by atoms with Crippen LogP contribution < -0.4 is 5.56 Å². The standard InChI is InChI=1S/C10H8N2O/c1-2-3-6-12-8-9(7-11)4-5-10(12)13/h4-5,8H,6H2,1H3. The van der Waals surface area contributed by atoms with Crippen LogP contribution in [0.3, 0.4) is 0 Å². The van der Waals surface area contributed by atoms with E-state index in [1.165, 1.54) is 22.9 Å². The first-order valence-electron chi connectivity index (χ1n) is 3.78. The van der Waals surface area contributed by atoms with Crippen LogP contribution in [0.1, 0.15) is 12.5 Å². The van der Waals surface area contributed by atoms with E-state index in [-0.39, 0.29) is 5.56 Å². The van der Waals surface area contributed by atoms with Gasteiger partial charge in [-0.3, -0.25) is 4.79 Å². The molecule has 1 heterocycles.